The van der Waals surface area contributed by atoms with E-state index in [9.17, 15) is 106 Å². The maximum atomic E-state index is 13.8. The van der Waals surface area contributed by atoms with Gasteiger partial charge in [0.1, 0.15) is 116 Å². The fraction of sp³-hybridized carbons (Fsp3) is 0.918. The number of carboxylic acid groups (broad SMARTS) is 1. The van der Waals surface area contributed by atoms with Gasteiger partial charge >= 0.3 is 5.97 Å². The topological polar surface area (TPSA) is 541 Å². The van der Waals surface area contributed by atoms with Crippen LogP contribution in [0.5, 0.6) is 0 Å². The average molecular weight is 1550 g/mol. The average Bonchev–Trinajstić information content (AvgIpc) is 0.750. The molecule has 107 heavy (non-hydrogen) atoms. The van der Waals surface area contributed by atoms with E-state index in [0.29, 0.717) is 12.8 Å². The molecule has 5 heterocycles. The molecule has 0 aromatic carbocycles. The van der Waals surface area contributed by atoms with Gasteiger partial charge in [-0.25, -0.2) is 4.79 Å². The molecule has 20 N–H and O–H groups in total. The molecular formula is C73H131N3O31. The number of carboxylic acids is 1. The van der Waals surface area contributed by atoms with Crippen LogP contribution in [0.4, 0.5) is 0 Å². The number of carbonyl (C=O) groups excluding carboxylic acids is 3. The molecule has 0 aromatic rings. The third-order valence-electron chi connectivity index (χ3n) is 20.6. The van der Waals surface area contributed by atoms with Crippen LogP contribution in [-0.2, 0) is 66.5 Å². The number of aliphatic hydroxyl groups is 16. The highest BCUT2D eigenvalue weighted by Crippen LogP contribution is 2.41. The van der Waals surface area contributed by atoms with E-state index in [1.165, 1.54) is 103 Å². The Labute approximate surface area is 627 Å². The van der Waals surface area contributed by atoms with E-state index in [-0.39, 0.29) is 12.3 Å². The van der Waals surface area contributed by atoms with Crippen molar-refractivity contribution in [2.24, 2.45) is 0 Å². The lowest BCUT2D eigenvalue weighted by atomic mass is 9.88. The minimum absolute atomic E-state index is 0.135. The minimum atomic E-state index is -3.38. The monoisotopic (exact) mass is 1550 g/mol. The Kier molecular flexibility index (Phi) is 44.0. The number of nitrogens with one attached hydrogen (secondary N) is 3. The molecule has 0 bridgehead atoms. The van der Waals surface area contributed by atoms with E-state index in [1.54, 1.807) is 6.08 Å². The summed E-state index contributed by atoms with van der Waals surface area (Å²) in [5, 5.41) is 197. The van der Waals surface area contributed by atoms with Gasteiger partial charge in [-0.2, -0.15) is 0 Å². The molecule has 5 aliphatic heterocycles. The van der Waals surface area contributed by atoms with Gasteiger partial charge in [0.15, 0.2) is 25.2 Å². The second-order valence-corrected chi connectivity index (χ2v) is 29.3. The standard InChI is InChI=1S/C73H131N3O31/c1-5-7-9-11-13-15-17-19-20-22-24-26-28-30-32-34-52(87)76-44(45(84)33-31-29-27-25-23-21-18-16-14-12-10-8-6-2)41-98-69-61(94)59(92)63(50(39-80)101-69)103-71-62(95)67(107-73(72(96)97)35-46(85)53(74-42(3)82)66(106-73)55(88)47(86)36-77)64(51(40-81)102-71)104-68-54(75-43(4)83)65(57(90)49(38-79)99-68)105-70-60(93)58(91)56(89)48(37-78)100-70/h31,33,44-51,53-71,77-81,84-86,88-95H,5-30,32,34-41H2,1-4H3,(H,74,82)(H,75,83)(H,76,87)(H,96,97)/b33-31+/t44-,45+,46+,47+,48?,49?,50-,51?,53+,54-,55+,56-,57-,58?,59?,60-,61?,62-,63+,64-,65?,66?,67?,68-,69+,70-,71-,73-/m0/s1. The third kappa shape index (κ3) is 29.2. The van der Waals surface area contributed by atoms with Crippen molar-refractivity contribution in [2.75, 3.05) is 39.6 Å². The van der Waals surface area contributed by atoms with Crippen molar-refractivity contribution in [2.45, 2.75) is 385 Å². The van der Waals surface area contributed by atoms with E-state index < -0.39 is 235 Å². The number of allylic oxidation sites excluding steroid dienone is 1. The first kappa shape index (κ1) is 94.2. The van der Waals surface area contributed by atoms with Gasteiger partial charge in [-0.05, 0) is 19.3 Å². The van der Waals surface area contributed by atoms with Crippen LogP contribution >= 0.6 is 0 Å². The molecular weight excluding hydrogens is 1410 g/mol. The number of amides is 3. The highest BCUT2D eigenvalue weighted by molar-refractivity contribution is 5.77. The zero-order valence-electron chi connectivity index (χ0n) is 62.8. The third-order valence-corrected chi connectivity index (χ3v) is 20.6. The van der Waals surface area contributed by atoms with Crippen molar-refractivity contribution >= 4 is 23.7 Å². The number of unbranched alkanes of at least 4 members (excludes halogenated alkanes) is 25. The Morgan fingerprint density at radius 2 is 0.925 bits per heavy atom. The fourth-order valence-corrected chi connectivity index (χ4v) is 14.3. The largest absolute Gasteiger partial charge is 0.477 e. The summed E-state index contributed by atoms with van der Waals surface area (Å²) in [6.45, 7) is 0.317. The summed E-state index contributed by atoms with van der Waals surface area (Å²) >= 11 is 0. The number of hydrogen-bond donors (Lipinski definition) is 20. The molecule has 5 aliphatic rings. The summed E-state index contributed by atoms with van der Waals surface area (Å²) in [7, 11) is 0. The van der Waals surface area contributed by atoms with Gasteiger partial charge in [0.05, 0.1) is 63.9 Å². The smallest absolute Gasteiger partial charge is 0.364 e. The van der Waals surface area contributed by atoms with E-state index in [0.717, 1.165) is 71.6 Å². The first-order valence-electron chi connectivity index (χ1n) is 39.1. The van der Waals surface area contributed by atoms with Gasteiger partial charge in [-0.15, -0.1) is 0 Å². The summed E-state index contributed by atoms with van der Waals surface area (Å²) in [5.41, 5.74) is 0. The van der Waals surface area contributed by atoms with Crippen molar-refractivity contribution in [1.29, 1.82) is 0 Å². The van der Waals surface area contributed by atoms with Crippen molar-refractivity contribution < 1.29 is 153 Å². The molecule has 34 heteroatoms. The maximum absolute atomic E-state index is 13.8. The van der Waals surface area contributed by atoms with Crippen LogP contribution in [0.25, 0.3) is 0 Å². The van der Waals surface area contributed by atoms with Gasteiger partial charge in [-0.3, -0.25) is 14.4 Å². The number of hydrogen-bond acceptors (Lipinski definition) is 30. The van der Waals surface area contributed by atoms with E-state index in [2.05, 4.69) is 29.8 Å². The van der Waals surface area contributed by atoms with Crippen molar-refractivity contribution in [3.63, 3.8) is 0 Å². The molecule has 5 saturated heterocycles. The molecule has 0 saturated carbocycles. The van der Waals surface area contributed by atoms with Crippen LogP contribution in [0.2, 0.25) is 0 Å². The van der Waals surface area contributed by atoms with Gasteiger partial charge in [0, 0.05) is 26.7 Å². The van der Waals surface area contributed by atoms with Crippen LogP contribution < -0.4 is 16.0 Å². The number of aliphatic carboxylic acids is 1. The van der Waals surface area contributed by atoms with Crippen molar-refractivity contribution in [1.82, 2.24) is 16.0 Å². The predicted octanol–water partition coefficient (Wildman–Crippen LogP) is -1.04. The Morgan fingerprint density at radius 3 is 1.44 bits per heavy atom. The Hall–Kier alpha value is -3.42. The van der Waals surface area contributed by atoms with Crippen molar-refractivity contribution in [3.05, 3.63) is 12.2 Å². The number of aliphatic hydroxyl groups excluding tert-OH is 16. The number of ether oxygens (including phenoxy) is 10. The maximum Gasteiger partial charge on any atom is 0.364 e. The van der Waals surface area contributed by atoms with Gasteiger partial charge in [-0.1, -0.05) is 180 Å². The molecule has 0 spiro atoms. The lowest BCUT2D eigenvalue weighted by Gasteiger charge is -2.52. The first-order chi connectivity index (χ1) is 51.3. The molecule has 9 unspecified atom stereocenters. The Morgan fingerprint density at radius 1 is 0.486 bits per heavy atom. The zero-order chi connectivity index (χ0) is 78.8. The van der Waals surface area contributed by atoms with Crippen molar-refractivity contribution in [3.8, 4) is 0 Å². The Bertz CT molecular complexity index is 2500. The molecule has 28 atom stereocenters. The van der Waals surface area contributed by atoms with Gasteiger partial charge < -0.3 is 150 Å². The van der Waals surface area contributed by atoms with E-state index in [1.807, 2.05) is 6.08 Å². The second-order valence-electron chi connectivity index (χ2n) is 29.3. The van der Waals surface area contributed by atoms with Crippen LogP contribution in [0.1, 0.15) is 214 Å². The fourth-order valence-electron chi connectivity index (χ4n) is 14.3. The molecule has 0 aromatic heterocycles. The van der Waals surface area contributed by atoms with E-state index >= 15 is 0 Å². The SMILES string of the molecule is CCCCCCCCCCCCC/C=C/[C@@H](O)[C@H](CO[C@@H]1O[C@@H](CO)[C@@H](O[C@@H]2OC(CO)[C@H](O[C@@H]3OC(CO)[C@H](O)C(O[C@@H]4OC(CO)[C@H](O)C(O)[C@@H]4O)[C@@H]3NC(C)=O)C(O[C@]3(C(=O)O)C[C@@H](O)[C@@H](NC(C)=O)C([C@H](O)[C@H](O)CO)O3)[C@@H]2O)C(O)C1O)NC(=O)CCCCCCCCCCCCCCCCC. The van der Waals surface area contributed by atoms with Gasteiger partial charge in [0.25, 0.3) is 5.79 Å². The highest BCUT2D eigenvalue weighted by atomic mass is 16.8. The number of carbonyl (C=O) groups is 4. The molecule has 624 valence electrons. The summed E-state index contributed by atoms with van der Waals surface area (Å²) in [4.78, 5) is 53.0. The Balaban J connectivity index is 1.40. The molecule has 0 radical (unpaired) electrons. The van der Waals surface area contributed by atoms with Gasteiger partial charge in [0.2, 0.25) is 17.7 Å². The van der Waals surface area contributed by atoms with Crippen LogP contribution in [0.3, 0.4) is 0 Å². The predicted molar refractivity (Wildman–Crippen MR) is 378 cm³/mol. The molecule has 5 fully saturated rings. The number of rotatable bonds is 52. The zero-order valence-corrected chi connectivity index (χ0v) is 62.8. The lowest BCUT2D eigenvalue weighted by molar-refractivity contribution is -0.403. The summed E-state index contributed by atoms with van der Waals surface area (Å²) in [6.07, 6.45) is -16.8. The summed E-state index contributed by atoms with van der Waals surface area (Å²) in [5.74, 6) is -7.71. The minimum Gasteiger partial charge on any atom is -0.477 e. The van der Waals surface area contributed by atoms with E-state index in [4.69, 9.17) is 47.4 Å². The molecule has 34 nitrogen and oxygen atoms in total. The van der Waals surface area contributed by atoms with Crippen LogP contribution in [-0.4, -0.2) is 321 Å². The summed E-state index contributed by atoms with van der Waals surface area (Å²) in [6, 6.07) is -4.81. The quantitative estimate of drug-likeness (QED) is 0.0255. The normalized spacial score (nSPS) is 34.6. The lowest BCUT2D eigenvalue weighted by Crippen LogP contribution is -2.72. The second kappa shape index (κ2) is 49.9. The molecule has 3 amide bonds. The molecule has 0 aliphatic carbocycles. The molecule has 5 rings (SSSR count). The van der Waals surface area contributed by atoms with Crippen LogP contribution in [0, 0.1) is 0 Å². The summed E-state index contributed by atoms with van der Waals surface area (Å²) < 4.78 is 60.1. The van der Waals surface area contributed by atoms with Crippen LogP contribution in [0.15, 0.2) is 12.2 Å². The first-order valence-corrected chi connectivity index (χ1v) is 39.1. The highest BCUT2D eigenvalue weighted by Gasteiger charge is 2.62.